The van der Waals surface area contributed by atoms with Gasteiger partial charge in [-0.3, -0.25) is 4.79 Å². The molecule has 0 bridgehead atoms. The molecule has 3 heterocycles. The van der Waals surface area contributed by atoms with Crippen molar-refractivity contribution in [2.24, 2.45) is 0 Å². The Labute approximate surface area is 250 Å². The summed E-state index contributed by atoms with van der Waals surface area (Å²) in [5.74, 6) is 0.0354. The summed E-state index contributed by atoms with van der Waals surface area (Å²) in [6.45, 7) is 3.80. The molecule has 0 saturated carbocycles. The Kier molecular flexibility index (Phi) is 8.66. The third kappa shape index (κ3) is 6.33. The van der Waals surface area contributed by atoms with Gasteiger partial charge < -0.3 is 19.3 Å². The van der Waals surface area contributed by atoms with E-state index >= 15 is 4.39 Å². The third-order valence-corrected chi connectivity index (χ3v) is 7.42. The van der Waals surface area contributed by atoms with Crippen LogP contribution in [0.15, 0.2) is 79.1 Å². The SMILES string of the molecule is COc1cc(-c2ccccc2)c(N(C)C(=O)c2cnc(C(C)C)nc2)c(N2CCC(F)(C(=O)OCc3ccccc3)C2)n1. The van der Waals surface area contributed by atoms with Crippen molar-refractivity contribution in [2.45, 2.75) is 38.5 Å². The molecule has 1 saturated heterocycles. The topological polar surface area (TPSA) is 97.8 Å². The van der Waals surface area contributed by atoms with Crippen LogP contribution < -0.4 is 14.5 Å². The molecule has 1 amide bonds. The summed E-state index contributed by atoms with van der Waals surface area (Å²) < 4.78 is 27.0. The summed E-state index contributed by atoms with van der Waals surface area (Å²) in [5.41, 5.74) is 0.696. The van der Waals surface area contributed by atoms with Gasteiger partial charge >= 0.3 is 5.97 Å². The second-order valence-corrected chi connectivity index (χ2v) is 10.8. The maximum absolute atomic E-state index is 16.1. The van der Waals surface area contributed by atoms with Crippen LogP contribution in [0.4, 0.5) is 15.9 Å². The lowest BCUT2D eigenvalue weighted by atomic mass is 10.0. The number of benzene rings is 2. The summed E-state index contributed by atoms with van der Waals surface area (Å²) in [7, 11) is 3.12. The molecule has 2 aromatic heterocycles. The first-order valence-corrected chi connectivity index (χ1v) is 14.1. The molecule has 222 valence electrons. The van der Waals surface area contributed by atoms with Crippen LogP contribution in [-0.2, 0) is 16.1 Å². The minimum atomic E-state index is -2.26. The number of carbonyl (C=O) groups is 2. The van der Waals surface area contributed by atoms with Crippen LogP contribution >= 0.6 is 0 Å². The Morgan fingerprint density at radius 1 is 1.05 bits per heavy atom. The Morgan fingerprint density at radius 2 is 1.70 bits per heavy atom. The van der Waals surface area contributed by atoms with E-state index in [2.05, 4.69) is 15.0 Å². The summed E-state index contributed by atoms with van der Waals surface area (Å²) >= 11 is 0. The fraction of sp³-hybridized carbons (Fsp3) is 0.303. The Bertz CT molecular complexity index is 1580. The highest BCUT2D eigenvalue weighted by molar-refractivity contribution is 6.09. The van der Waals surface area contributed by atoms with Gasteiger partial charge in [-0.25, -0.2) is 19.2 Å². The molecule has 43 heavy (non-hydrogen) atoms. The predicted octanol–water partition coefficient (Wildman–Crippen LogP) is 5.61. The van der Waals surface area contributed by atoms with E-state index in [-0.39, 0.29) is 43.8 Å². The van der Waals surface area contributed by atoms with Gasteiger partial charge in [0, 0.05) is 50.0 Å². The molecule has 4 aromatic rings. The van der Waals surface area contributed by atoms with E-state index in [1.54, 1.807) is 18.0 Å². The molecule has 0 N–H and O–H groups in total. The second kappa shape index (κ2) is 12.6. The van der Waals surface area contributed by atoms with Crippen LogP contribution in [0.3, 0.4) is 0 Å². The Hall–Kier alpha value is -4.86. The Balaban J connectivity index is 1.51. The van der Waals surface area contributed by atoms with Crippen molar-refractivity contribution in [1.82, 2.24) is 15.0 Å². The number of alkyl halides is 1. The molecule has 2 aromatic carbocycles. The largest absolute Gasteiger partial charge is 0.481 e. The highest BCUT2D eigenvalue weighted by atomic mass is 19.1. The molecule has 1 unspecified atom stereocenters. The van der Waals surface area contributed by atoms with Gasteiger partial charge in [-0.2, -0.15) is 4.98 Å². The lowest BCUT2D eigenvalue weighted by Gasteiger charge is -2.29. The molecule has 1 fully saturated rings. The molecule has 5 rings (SSSR count). The molecule has 1 atom stereocenters. The number of aromatic nitrogens is 3. The van der Waals surface area contributed by atoms with Gasteiger partial charge in [0.15, 0.2) is 5.82 Å². The summed E-state index contributed by atoms with van der Waals surface area (Å²) in [5, 5.41) is 0. The molecule has 10 heteroatoms. The summed E-state index contributed by atoms with van der Waals surface area (Å²) in [4.78, 5) is 43.3. The smallest absolute Gasteiger partial charge is 0.346 e. The van der Waals surface area contributed by atoms with E-state index in [1.165, 1.54) is 24.4 Å². The van der Waals surface area contributed by atoms with Gasteiger partial charge in [-0.05, 0) is 11.1 Å². The molecular formula is C33H34FN5O4. The van der Waals surface area contributed by atoms with Crippen molar-refractivity contribution < 1.29 is 23.5 Å². The minimum Gasteiger partial charge on any atom is -0.481 e. The first-order valence-electron chi connectivity index (χ1n) is 14.1. The van der Waals surface area contributed by atoms with Crippen molar-refractivity contribution in [3.05, 3.63) is 96.1 Å². The number of esters is 1. The molecule has 1 aliphatic heterocycles. The number of methoxy groups -OCH3 is 1. The van der Waals surface area contributed by atoms with Crippen LogP contribution in [-0.4, -0.2) is 59.7 Å². The molecule has 0 aliphatic carbocycles. The first-order chi connectivity index (χ1) is 20.7. The standard InChI is InChI=1S/C33H34FN5O4/c1-22(2)29-35-18-25(19-36-29)31(40)38(3)28-26(24-13-9-6-10-14-24)17-27(42-4)37-30(28)39-16-15-33(34,21-39)32(41)43-20-23-11-7-5-8-12-23/h5-14,17-19,22H,15-16,20-21H2,1-4H3. The maximum Gasteiger partial charge on any atom is 0.346 e. The number of halogens is 1. The van der Waals surface area contributed by atoms with E-state index in [1.807, 2.05) is 74.5 Å². The van der Waals surface area contributed by atoms with Crippen LogP contribution in [0.25, 0.3) is 11.1 Å². The van der Waals surface area contributed by atoms with Gasteiger partial charge in [-0.15, -0.1) is 0 Å². The number of amides is 1. The number of hydrogen-bond donors (Lipinski definition) is 0. The van der Waals surface area contributed by atoms with E-state index < -0.39 is 11.6 Å². The number of pyridine rings is 1. The molecule has 9 nitrogen and oxygen atoms in total. The van der Waals surface area contributed by atoms with Crippen LogP contribution in [0.5, 0.6) is 5.88 Å². The molecule has 0 spiro atoms. The average molecular weight is 584 g/mol. The van der Waals surface area contributed by atoms with Crippen molar-refractivity contribution in [3.8, 4) is 17.0 Å². The molecular weight excluding hydrogens is 549 g/mol. The van der Waals surface area contributed by atoms with Gasteiger partial charge in [0.2, 0.25) is 11.5 Å². The van der Waals surface area contributed by atoms with Crippen molar-refractivity contribution >= 4 is 23.4 Å². The highest BCUT2D eigenvalue weighted by Gasteiger charge is 2.48. The van der Waals surface area contributed by atoms with E-state index in [0.717, 1.165) is 11.1 Å². The molecule has 0 radical (unpaired) electrons. The number of nitrogens with zero attached hydrogens (tertiary/aromatic N) is 5. The van der Waals surface area contributed by atoms with Gasteiger partial charge in [-0.1, -0.05) is 74.5 Å². The van der Waals surface area contributed by atoms with Crippen molar-refractivity contribution in [2.75, 3.05) is 37.0 Å². The van der Waals surface area contributed by atoms with Gasteiger partial charge in [0.25, 0.3) is 5.91 Å². The predicted molar refractivity (Wildman–Crippen MR) is 162 cm³/mol. The lowest BCUT2D eigenvalue weighted by molar-refractivity contribution is -0.157. The first kappa shape index (κ1) is 29.6. The number of rotatable bonds is 9. The van der Waals surface area contributed by atoms with Gasteiger partial charge in [0.05, 0.1) is 24.9 Å². The van der Waals surface area contributed by atoms with E-state index in [9.17, 15) is 9.59 Å². The number of hydrogen-bond acceptors (Lipinski definition) is 8. The average Bonchev–Trinajstić information content (AvgIpc) is 3.46. The van der Waals surface area contributed by atoms with Crippen LogP contribution in [0.2, 0.25) is 0 Å². The van der Waals surface area contributed by atoms with E-state index in [4.69, 9.17) is 9.47 Å². The molecule has 1 aliphatic rings. The number of ether oxygens (including phenoxy) is 2. The minimum absolute atomic E-state index is 0.0267. The maximum atomic E-state index is 16.1. The quantitative estimate of drug-likeness (QED) is 0.235. The van der Waals surface area contributed by atoms with Crippen molar-refractivity contribution in [3.63, 3.8) is 0 Å². The highest BCUT2D eigenvalue weighted by Crippen LogP contribution is 2.43. The zero-order chi connectivity index (χ0) is 30.6. The second-order valence-electron chi connectivity index (χ2n) is 10.8. The zero-order valence-corrected chi connectivity index (χ0v) is 24.7. The fourth-order valence-corrected chi connectivity index (χ4v) is 5.01. The third-order valence-electron chi connectivity index (χ3n) is 7.42. The number of anilines is 2. The van der Waals surface area contributed by atoms with Crippen LogP contribution in [0.1, 0.15) is 47.9 Å². The number of carbonyl (C=O) groups excluding carboxylic acids is 2. The van der Waals surface area contributed by atoms with E-state index in [0.29, 0.717) is 28.5 Å². The normalized spacial score (nSPS) is 16.3. The summed E-state index contributed by atoms with van der Waals surface area (Å²) in [6.07, 6.45) is 2.91. The monoisotopic (exact) mass is 583 g/mol. The lowest BCUT2D eigenvalue weighted by Crippen LogP contribution is -2.39. The van der Waals surface area contributed by atoms with Crippen LogP contribution in [0, 0.1) is 0 Å². The van der Waals surface area contributed by atoms with Crippen molar-refractivity contribution in [1.29, 1.82) is 0 Å². The fourth-order valence-electron chi connectivity index (χ4n) is 5.01. The zero-order valence-electron chi connectivity index (χ0n) is 24.7. The van der Waals surface area contributed by atoms with Gasteiger partial charge in [0.1, 0.15) is 12.4 Å². The Morgan fingerprint density at radius 3 is 2.33 bits per heavy atom. The summed E-state index contributed by atoms with van der Waals surface area (Å²) in [6, 6.07) is 20.4.